The summed E-state index contributed by atoms with van der Waals surface area (Å²) in [5.41, 5.74) is -2.76. The Kier molecular flexibility index (Phi) is 7.47. The number of carbonyl (C=O) groups is 2. The number of carbonyl (C=O) groups excluding carboxylic acids is 2. The molecule has 0 spiro atoms. The van der Waals surface area contributed by atoms with Gasteiger partial charge < -0.3 is 9.47 Å². The van der Waals surface area contributed by atoms with Crippen LogP contribution < -0.4 is 11.4 Å². The number of benzene rings is 1. The minimum absolute atomic E-state index is 0.0816. The van der Waals surface area contributed by atoms with Crippen molar-refractivity contribution in [1.29, 1.82) is 0 Å². The second kappa shape index (κ2) is 9.95. The van der Waals surface area contributed by atoms with Gasteiger partial charge in [0.1, 0.15) is 5.82 Å². The summed E-state index contributed by atoms with van der Waals surface area (Å²) in [4.78, 5) is 55.1. The molecule has 3 rings (SSSR count). The van der Waals surface area contributed by atoms with Crippen molar-refractivity contribution in [3.8, 4) is 5.69 Å². The topological polar surface area (TPSA) is 114 Å². The number of nitrogens with zero attached hydrogens (tertiary/aromatic N) is 4. The summed E-state index contributed by atoms with van der Waals surface area (Å²) < 4.78 is 27.1. The molecular weight excluding hydrogens is 483 g/mol. The first kappa shape index (κ1) is 24.8. The maximum absolute atomic E-state index is 14.7. The van der Waals surface area contributed by atoms with Gasteiger partial charge in [0.2, 0.25) is 0 Å². The number of halogens is 2. The van der Waals surface area contributed by atoms with E-state index < -0.39 is 40.9 Å². The van der Waals surface area contributed by atoms with Crippen LogP contribution in [0.4, 0.5) is 4.39 Å². The Morgan fingerprint density at radius 2 is 1.88 bits per heavy atom. The smallest absolute Gasteiger partial charge is 0.348 e. The molecule has 178 valence electrons. The molecule has 2 heterocycles. The zero-order valence-electron chi connectivity index (χ0n) is 17.9. The minimum atomic E-state index is -1.32. The second-order valence-electron chi connectivity index (χ2n) is 7.12. The molecule has 33 heavy (non-hydrogen) atoms. The van der Waals surface area contributed by atoms with Gasteiger partial charge in [-0.3, -0.25) is 14.0 Å². The highest BCUT2D eigenvalue weighted by Gasteiger charge is 2.25. The van der Waals surface area contributed by atoms with Gasteiger partial charge in [0.15, 0.2) is 17.6 Å². The summed E-state index contributed by atoms with van der Waals surface area (Å²) in [6.07, 6.45) is -0.523. The summed E-state index contributed by atoms with van der Waals surface area (Å²) >= 11 is 11.0. The highest BCUT2D eigenvalue weighted by atomic mass is 35.5. The van der Waals surface area contributed by atoms with E-state index in [2.05, 4.69) is 0 Å². The average molecular weight is 503 g/mol. The molecule has 1 unspecified atom stereocenters. The summed E-state index contributed by atoms with van der Waals surface area (Å²) in [6.45, 7) is 2.27. The van der Waals surface area contributed by atoms with E-state index in [1.807, 2.05) is 0 Å². The molecule has 1 aromatic carbocycles. The number of aromatic nitrogens is 3. The lowest BCUT2D eigenvalue weighted by Gasteiger charge is -2.17. The van der Waals surface area contributed by atoms with Gasteiger partial charge in [-0.1, -0.05) is 11.6 Å². The Bertz CT molecular complexity index is 1240. The third-order valence-corrected chi connectivity index (χ3v) is 5.68. The Hall–Kier alpha value is -2.87. The van der Waals surface area contributed by atoms with E-state index in [9.17, 15) is 23.6 Å². The van der Waals surface area contributed by atoms with Crippen molar-refractivity contribution in [2.45, 2.75) is 19.4 Å². The van der Waals surface area contributed by atoms with Crippen molar-refractivity contribution >= 4 is 35.8 Å². The molecule has 1 aliphatic rings. The lowest BCUT2D eigenvalue weighted by Crippen LogP contribution is -2.44. The first-order valence-electron chi connectivity index (χ1n) is 9.67. The van der Waals surface area contributed by atoms with Crippen molar-refractivity contribution in [1.82, 2.24) is 18.8 Å². The maximum Gasteiger partial charge on any atom is 0.348 e. The molecule has 0 aliphatic carbocycles. The normalized spacial score (nSPS) is 14.8. The van der Waals surface area contributed by atoms with Crippen LogP contribution in [-0.2, 0) is 33.2 Å². The van der Waals surface area contributed by atoms with Crippen molar-refractivity contribution in [2.24, 2.45) is 14.1 Å². The number of hydrogen-bond donors (Lipinski definition) is 0. The molecule has 0 amide bonds. The van der Waals surface area contributed by atoms with Gasteiger partial charge in [-0.05, 0) is 37.7 Å². The van der Waals surface area contributed by atoms with Crippen molar-refractivity contribution in [3.63, 3.8) is 0 Å². The maximum atomic E-state index is 14.7. The second-order valence-corrected chi connectivity index (χ2v) is 7.89. The fraction of sp³-hybridized carbons (Fsp3) is 0.421. The zero-order valence-corrected chi connectivity index (χ0v) is 19.4. The molecule has 0 N–H and O–H groups in total. The summed E-state index contributed by atoms with van der Waals surface area (Å²) in [7, 11) is 2.62. The summed E-state index contributed by atoms with van der Waals surface area (Å²) in [5, 5.41) is 1.10. The van der Waals surface area contributed by atoms with Crippen LogP contribution in [0.1, 0.15) is 23.7 Å². The molecule has 0 radical (unpaired) electrons. The molecule has 1 saturated heterocycles. The fourth-order valence-electron chi connectivity index (χ4n) is 2.97. The Morgan fingerprint density at radius 3 is 2.45 bits per heavy atom. The highest BCUT2D eigenvalue weighted by molar-refractivity contribution is 7.71. The number of ether oxygens (including phenoxy) is 2. The molecule has 1 atom stereocenters. The first-order valence-corrected chi connectivity index (χ1v) is 10.5. The van der Waals surface area contributed by atoms with Crippen LogP contribution in [0.3, 0.4) is 0 Å². The quantitative estimate of drug-likeness (QED) is 0.423. The number of esters is 2. The number of rotatable bonds is 6. The van der Waals surface area contributed by atoms with Gasteiger partial charge in [-0.15, -0.1) is 0 Å². The van der Waals surface area contributed by atoms with Crippen LogP contribution in [0.2, 0.25) is 5.02 Å². The van der Waals surface area contributed by atoms with E-state index in [0.717, 1.165) is 27.7 Å². The molecular formula is C19H20ClFN4O7S. The molecule has 1 aromatic heterocycles. The summed E-state index contributed by atoms with van der Waals surface area (Å²) in [5.74, 6) is -2.96. The lowest BCUT2D eigenvalue weighted by atomic mass is 10.2. The number of hydrogen-bond acceptors (Lipinski definition) is 9. The SMILES string of the molecule is CC(OC(=O)c1cc(-n2c(=O)n(C)c(=S)n(C)c2=O)c(F)cc1Cl)C(=O)OCN1CCCO1. The average Bonchev–Trinajstić information content (AvgIpc) is 3.29. The Morgan fingerprint density at radius 1 is 1.24 bits per heavy atom. The molecule has 11 nitrogen and oxygen atoms in total. The summed E-state index contributed by atoms with van der Waals surface area (Å²) in [6, 6.07) is 1.65. The van der Waals surface area contributed by atoms with Crippen LogP contribution in [0.5, 0.6) is 0 Å². The van der Waals surface area contributed by atoms with Gasteiger partial charge in [-0.2, -0.15) is 5.06 Å². The molecule has 1 fully saturated rings. The lowest BCUT2D eigenvalue weighted by molar-refractivity contribution is -0.189. The first-order chi connectivity index (χ1) is 15.5. The fourth-order valence-corrected chi connectivity index (χ4v) is 3.35. The molecule has 1 aliphatic heterocycles. The van der Waals surface area contributed by atoms with Crippen molar-refractivity contribution in [2.75, 3.05) is 19.9 Å². The molecule has 0 bridgehead atoms. The standard InChI is InChI=1S/C19H20ClFN4O7S/c1-10(15(26)30-9-24-5-4-6-31-24)32-16(27)11-7-14(13(21)8-12(11)20)25-17(28)22(2)19(33)23(3)18(25)29/h7-8,10H,4-6,9H2,1-3H3. The predicted octanol–water partition coefficient (Wildman–Crippen LogP) is 1.08. The third-order valence-electron chi connectivity index (χ3n) is 4.82. The van der Waals surface area contributed by atoms with Crippen molar-refractivity contribution in [3.05, 3.63) is 54.3 Å². The number of hydroxylamine groups is 2. The predicted molar refractivity (Wildman–Crippen MR) is 115 cm³/mol. The van der Waals surface area contributed by atoms with Gasteiger partial charge >= 0.3 is 23.3 Å². The molecule has 0 saturated carbocycles. The minimum Gasteiger partial charge on any atom is -0.447 e. The largest absolute Gasteiger partial charge is 0.447 e. The molecule has 2 aromatic rings. The van der Waals surface area contributed by atoms with E-state index in [4.69, 9.17) is 38.1 Å². The van der Waals surface area contributed by atoms with Gasteiger partial charge in [0.25, 0.3) is 0 Å². The van der Waals surface area contributed by atoms with Crippen LogP contribution >= 0.6 is 23.8 Å². The highest BCUT2D eigenvalue weighted by Crippen LogP contribution is 2.23. The van der Waals surface area contributed by atoms with Gasteiger partial charge in [0.05, 0.1) is 22.9 Å². The van der Waals surface area contributed by atoms with Crippen LogP contribution in [0, 0.1) is 10.6 Å². The van der Waals surface area contributed by atoms with E-state index in [-0.39, 0.29) is 22.1 Å². The Labute approximate surface area is 196 Å². The van der Waals surface area contributed by atoms with Crippen molar-refractivity contribution < 1.29 is 28.3 Å². The van der Waals surface area contributed by atoms with Crippen LogP contribution in [0.15, 0.2) is 21.7 Å². The van der Waals surface area contributed by atoms with E-state index in [0.29, 0.717) is 17.7 Å². The van der Waals surface area contributed by atoms with Crippen LogP contribution in [0.25, 0.3) is 5.69 Å². The monoisotopic (exact) mass is 502 g/mol. The van der Waals surface area contributed by atoms with E-state index in [1.165, 1.54) is 26.1 Å². The van der Waals surface area contributed by atoms with Gasteiger partial charge in [-0.25, -0.2) is 28.1 Å². The Balaban J connectivity index is 1.88. The van der Waals surface area contributed by atoms with E-state index in [1.54, 1.807) is 0 Å². The van der Waals surface area contributed by atoms with E-state index >= 15 is 0 Å². The van der Waals surface area contributed by atoms with Crippen LogP contribution in [-0.4, -0.2) is 56.7 Å². The van der Waals surface area contributed by atoms with Gasteiger partial charge in [0, 0.05) is 20.6 Å². The molecule has 14 heteroatoms. The third kappa shape index (κ3) is 5.05. The zero-order chi connectivity index (χ0) is 24.4.